The summed E-state index contributed by atoms with van der Waals surface area (Å²) < 4.78 is 42.6. The maximum absolute atomic E-state index is 12.5. The number of likely N-dealkylation sites (N-methyl/N-ethyl adjacent to an activating group) is 1. The van der Waals surface area contributed by atoms with E-state index in [1.165, 1.54) is 24.1 Å². The van der Waals surface area contributed by atoms with E-state index < -0.39 is 23.7 Å². The number of alkyl halides is 3. The van der Waals surface area contributed by atoms with E-state index in [0.717, 1.165) is 17.0 Å². The summed E-state index contributed by atoms with van der Waals surface area (Å²) in [6.45, 7) is -0.214. The van der Waals surface area contributed by atoms with E-state index in [1.807, 2.05) is 0 Å². The molecule has 3 amide bonds. The number of urea groups is 1. The van der Waals surface area contributed by atoms with Crippen molar-refractivity contribution in [2.24, 2.45) is 0 Å². The minimum absolute atomic E-state index is 0.0156. The summed E-state index contributed by atoms with van der Waals surface area (Å²) in [5, 5.41) is 3.66. The third-order valence-corrected chi connectivity index (χ3v) is 3.46. The van der Waals surface area contributed by atoms with Crippen LogP contribution in [0, 0.1) is 0 Å². The van der Waals surface area contributed by atoms with E-state index in [0.29, 0.717) is 5.56 Å². The van der Waals surface area contributed by atoms with E-state index in [2.05, 4.69) is 10.1 Å². The summed E-state index contributed by atoms with van der Waals surface area (Å²) in [4.78, 5) is 29.7. The first kappa shape index (κ1) is 16.0. The molecule has 7 nitrogen and oxygen atoms in total. The highest BCUT2D eigenvalue weighted by Gasteiger charge is 2.35. The highest BCUT2D eigenvalue weighted by Crippen LogP contribution is 2.30. The molecule has 2 heterocycles. The lowest BCUT2D eigenvalue weighted by atomic mass is 10.1. The van der Waals surface area contributed by atoms with Crippen LogP contribution in [0.25, 0.3) is 11.4 Å². The van der Waals surface area contributed by atoms with Gasteiger partial charge < -0.3 is 9.42 Å². The van der Waals surface area contributed by atoms with E-state index in [4.69, 9.17) is 4.52 Å². The Morgan fingerprint density at radius 1 is 1.21 bits per heavy atom. The van der Waals surface area contributed by atoms with Crippen molar-refractivity contribution in [2.45, 2.75) is 12.7 Å². The third-order valence-electron chi connectivity index (χ3n) is 3.46. The molecule has 0 aliphatic carbocycles. The minimum Gasteiger partial charge on any atom is -0.337 e. The number of halogens is 3. The predicted octanol–water partition coefficient (Wildman–Crippen LogP) is 2.15. The van der Waals surface area contributed by atoms with Gasteiger partial charge in [0.2, 0.25) is 11.7 Å². The highest BCUT2D eigenvalue weighted by atomic mass is 19.4. The van der Waals surface area contributed by atoms with Gasteiger partial charge in [-0.1, -0.05) is 17.3 Å². The zero-order valence-electron chi connectivity index (χ0n) is 12.4. The smallest absolute Gasteiger partial charge is 0.337 e. The van der Waals surface area contributed by atoms with Gasteiger partial charge >= 0.3 is 12.2 Å². The van der Waals surface area contributed by atoms with Crippen LogP contribution < -0.4 is 0 Å². The topological polar surface area (TPSA) is 79.5 Å². The number of carbonyl (C=O) groups excluding carboxylic acids is 2. The lowest BCUT2D eigenvalue weighted by Crippen LogP contribution is -2.31. The van der Waals surface area contributed by atoms with Crippen LogP contribution in [-0.2, 0) is 17.5 Å². The van der Waals surface area contributed by atoms with Crippen molar-refractivity contribution >= 4 is 11.9 Å². The molecule has 0 radical (unpaired) electrons. The van der Waals surface area contributed by atoms with Crippen LogP contribution in [0.4, 0.5) is 18.0 Å². The third kappa shape index (κ3) is 2.94. The van der Waals surface area contributed by atoms with E-state index in [1.54, 1.807) is 0 Å². The molecule has 3 rings (SSSR count). The lowest BCUT2D eigenvalue weighted by Gasteiger charge is -2.10. The monoisotopic (exact) mass is 340 g/mol. The van der Waals surface area contributed by atoms with Crippen LogP contribution in [0.2, 0.25) is 0 Å². The molecule has 1 aliphatic heterocycles. The van der Waals surface area contributed by atoms with Gasteiger partial charge in [-0.3, -0.25) is 9.69 Å². The second-order valence-electron chi connectivity index (χ2n) is 5.21. The average Bonchev–Trinajstić information content (AvgIpc) is 3.08. The van der Waals surface area contributed by atoms with E-state index in [-0.39, 0.29) is 24.8 Å². The van der Waals surface area contributed by atoms with E-state index in [9.17, 15) is 22.8 Å². The van der Waals surface area contributed by atoms with Crippen LogP contribution in [0.1, 0.15) is 11.5 Å². The molecule has 126 valence electrons. The maximum atomic E-state index is 12.5. The molecule has 2 aromatic rings. The normalized spacial score (nSPS) is 15.5. The van der Waals surface area contributed by atoms with Crippen molar-refractivity contribution in [3.05, 3.63) is 35.7 Å². The molecule has 1 saturated heterocycles. The number of benzene rings is 1. The summed E-state index contributed by atoms with van der Waals surface area (Å²) in [6.07, 6.45) is -4.43. The predicted molar refractivity (Wildman–Crippen MR) is 73.3 cm³/mol. The van der Waals surface area contributed by atoms with Gasteiger partial charge in [0.1, 0.15) is 13.1 Å². The summed E-state index contributed by atoms with van der Waals surface area (Å²) in [5.74, 6) is -0.301. The van der Waals surface area contributed by atoms with Crippen LogP contribution in [0.15, 0.2) is 28.8 Å². The Morgan fingerprint density at radius 2 is 1.88 bits per heavy atom. The highest BCUT2D eigenvalue weighted by molar-refractivity contribution is 6.01. The maximum Gasteiger partial charge on any atom is 0.416 e. The van der Waals surface area contributed by atoms with E-state index >= 15 is 0 Å². The number of imide groups is 1. The fourth-order valence-electron chi connectivity index (χ4n) is 2.20. The van der Waals surface area contributed by atoms with Gasteiger partial charge in [-0.2, -0.15) is 18.2 Å². The fourth-order valence-corrected chi connectivity index (χ4v) is 2.20. The molecule has 0 unspecified atom stereocenters. The first-order valence-corrected chi connectivity index (χ1v) is 6.81. The molecule has 10 heteroatoms. The van der Waals surface area contributed by atoms with Crippen molar-refractivity contribution in [3.63, 3.8) is 0 Å². The number of hydrogen-bond acceptors (Lipinski definition) is 5. The van der Waals surface area contributed by atoms with Crippen molar-refractivity contribution in [1.82, 2.24) is 19.9 Å². The fraction of sp³-hybridized carbons (Fsp3) is 0.286. The Hall–Kier alpha value is -2.91. The molecule has 1 aromatic carbocycles. The van der Waals surface area contributed by atoms with Crippen LogP contribution in [0.3, 0.4) is 0 Å². The average molecular weight is 340 g/mol. The number of aromatic nitrogens is 2. The zero-order chi connectivity index (χ0) is 17.5. The molecule has 0 N–H and O–H groups in total. The van der Waals surface area contributed by atoms with Gasteiger partial charge in [0, 0.05) is 12.6 Å². The molecule has 1 aliphatic rings. The molecule has 1 aromatic heterocycles. The second kappa shape index (κ2) is 5.62. The van der Waals surface area contributed by atoms with Gasteiger partial charge in [0.25, 0.3) is 5.91 Å². The molecule has 24 heavy (non-hydrogen) atoms. The minimum atomic E-state index is -4.43. The Balaban J connectivity index is 1.76. The molecule has 0 atom stereocenters. The Labute approximate surface area is 133 Å². The van der Waals surface area contributed by atoms with Crippen LogP contribution in [0.5, 0.6) is 0 Å². The van der Waals surface area contributed by atoms with Gasteiger partial charge in [0.15, 0.2) is 0 Å². The van der Waals surface area contributed by atoms with Crippen LogP contribution in [-0.4, -0.2) is 45.5 Å². The van der Waals surface area contributed by atoms with Gasteiger partial charge in [-0.05, 0) is 12.1 Å². The molecule has 0 saturated carbocycles. The Bertz CT molecular complexity index is 785. The summed E-state index contributed by atoms with van der Waals surface area (Å²) in [7, 11) is 1.49. The van der Waals surface area contributed by atoms with Crippen LogP contribution >= 0.6 is 0 Å². The zero-order valence-corrected chi connectivity index (χ0v) is 12.4. The quantitative estimate of drug-likeness (QED) is 0.800. The molecule has 1 fully saturated rings. The van der Waals surface area contributed by atoms with Crippen molar-refractivity contribution in [1.29, 1.82) is 0 Å². The molecular formula is C14H11F3N4O3. The summed E-state index contributed by atoms with van der Waals surface area (Å²) in [5.41, 5.74) is -0.458. The summed E-state index contributed by atoms with van der Waals surface area (Å²) in [6, 6.07) is 3.78. The number of nitrogens with zero attached hydrogens (tertiary/aromatic N) is 4. The van der Waals surface area contributed by atoms with Crippen molar-refractivity contribution < 1.29 is 27.3 Å². The molecule has 0 bridgehead atoms. The van der Waals surface area contributed by atoms with Gasteiger partial charge in [0.05, 0.1) is 5.56 Å². The number of hydrogen-bond donors (Lipinski definition) is 0. The van der Waals surface area contributed by atoms with Crippen molar-refractivity contribution in [3.8, 4) is 11.4 Å². The largest absolute Gasteiger partial charge is 0.416 e. The SMILES string of the molecule is CN1CC(=O)N(Cc2nc(-c3ccc(C(F)(F)F)cc3)no2)C1=O. The number of amides is 3. The summed E-state index contributed by atoms with van der Waals surface area (Å²) >= 11 is 0. The first-order valence-electron chi connectivity index (χ1n) is 6.81. The second-order valence-corrected chi connectivity index (χ2v) is 5.21. The first-order chi connectivity index (χ1) is 11.3. The standard InChI is InChI=1S/C14H11F3N4O3/c1-20-7-11(22)21(13(20)23)6-10-18-12(19-24-10)8-2-4-9(5-3-8)14(15,16)17/h2-5H,6-7H2,1H3. The Kier molecular flexibility index (Phi) is 3.74. The Morgan fingerprint density at radius 3 is 2.42 bits per heavy atom. The number of carbonyl (C=O) groups is 2. The number of rotatable bonds is 3. The van der Waals surface area contributed by atoms with Gasteiger partial charge in [-0.15, -0.1) is 0 Å². The lowest BCUT2D eigenvalue weighted by molar-refractivity contribution is -0.137. The van der Waals surface area contributed by atoms with Crippen molar-refractivity contribution in [2.75, 3.05) is 13.6 Å². The molecule has 0 spiro atoms. The molecular weight excluding hydrogens is 329 g/mol. The van der Waals surface area contributed by atoms with Gasteiger partial charge in [-0.25, -0.2) is 4.79 Å².